The lowest BCUT2D eigenvalue weighted by Crippen LogP contribution is -2.50. The number of amides is 3. The van der Waals surface area contributed by atoms with Crippen molar-refractivity contribution >= 4 is 23.5 Å². The first kappa shape index (κ1) is 19.2. The second-order valence-corrected chi connectivity index (χ2v) is 7.90. The van der Waals surface area contributed by atoms with Gasteiger partial charge in [-0.1, -0.05) is 11.6 Å². The highest BCUT2D eigenvalue weighted by molar-refractivity contribution is 6.31. The van der Waals surface area contributed by atoms with Crippen LogP contribution in [0.15, 0.2) is 18.2 Å². The number of nitrogens with zero attached hydrogens (tertiary/aromatic N) is 3. The maximum Gasteiger partial charge on any atom is 0.318 e. The fourth-order valence-electron chi connectivity index (χ4n) is 3.00. The van der Waals surface area contributed by atoms with Crippen molar-refractivity contribution in [3.05, 3.63) is 40.3 Å². The Kier molecular flexibility index (Phi) is 4.86. The Bertz CT molecular complexity index is 919. The number of hydrogen-bond acceptors (Lipinski definition) is 3. The van der Waals surface area contributed by atoms with E-state index in [0.717, 1.165) is 0 Å². The van der Waals surface area contributed by atoms with E-state index in [9.17, 15) is 14.0 Å². The van der Waals surface area contributed by atoms with E-state index in [2.05, 4.69) is 10.4 Å². The van der Waals surface area contributed by atoms with Gasteiger partial charge in [0, 0.05) is 17.6 Å². The lowest BCUT2D eigenvalue weighted by atomic mass is 10.0. The fourth-order valence-corrected chi connectivity index (χ4v) is 3.18. The average Bonchev–Trinajstić information content (AvgIpc) is 2.94. The summed E-state index contributed by atoms with van der Waals surface area (Å²) in [5, 5.41) is 7.29. The minimum absolute atomic E-state index is 0.0694. The zero-order valence-corrected chi connectivity index (χ0v) is 16.1. The third-order valence-electron chi connectivity index (χ3n) is 4.19. The van der Waals surface area contributed by atoms with Crippen molar-refractivity contribution in [2.75, 3.05) is 6.54 Å². The summed E-state index contributed by atoms with van der Waals surface area (Å²) < 4.78 is 15.1. The van der Waals surface area contributed by atoms with E-state index < -0.39 is 11.7 Å². The monoisotopic (exact) mass is 393 g/mol. The minimum Gasteiger partial charge on any atom is -0.365 e. The number of rotatable bonds is 2. The summed E-state index contributed by atoms with van der Waals surface area (Å²) in [5.41, 5.74) is 6.80. The molecule has 7 nitrogen and oxygen atoms in total. The van der Waals surface area contributed by atoms with Gasteiger partial charge in [0.25, 0.3) is 5.91 Å². The predicted molar refractivity (Wildman–Crippen MR) is 99.8 cm³/mol. The Morgan fingerprint density at radius 3 is 2.59 bits per heavy atom. The molecule has 2 aromatic rings. The van der Waals surface area contributed by atoms with Crippen LogP contribution in [-0.4, -0.2) is 38.7 Å². The van der Waals surface area contributed by atoms with Crippen LogP contribution in [-0.2, 0) is 13.1 Å². The summed E-state index contributed by atoms with van der Waals surface area (Å²) >= 11 is 5.86. The number of benzene rings is 1. The number of hydrogen-bond donors (Lipinski definition) is 2. The quantitative estimate of drug-likeness (QED) is 0.821. The van der Waals surface area contributed by atoms with E-state index in [0.29, 0.717) is 30.0 Å². The first-order valence-electron chi connectivity index (χ1n) is 8.49. The van der Waals surface area contributed by atoms with Gasteiger partial charge in [-0.25, -0.2) is 9.18 Å². The van der Waals surface area contributed by atoms with Crippen LogP contribution in [0.3, 0.4) is 0 Å². The van der Waals surface area contributed by atoms with Gasteiger partial charge >= 0.3 is 6.03 Å². The van der Waals surface area contributed by atoms with Crippen LogP contribution >= 0.6 is 11.6 Å². The van der Waals surface area contributed by atoms with Gasteiger partial charge in [-0.3, -0.25) is 9.48 Å². The highest BCUT2D eigenvalue weighted by Gasteiger charge is 2.30. The average molecular weight is 394 g/mol. The van der Waals surface area contributed by atoms with Crippen molar-refractivity contribution < 1.29 is 14.0 Å². The number of nitrogens with one attached hydrogen (secondary N) is 1. The van der Waals surface area contributed by atoms with Gasteiger partial charge in [0.1, 0.15) is 11.5 Å². The van der Waals surface area contributed by atoms with Crippen molar-refractivity contribution in [1.29, 1.82) is 0 Å². The molecule has 0 aliphatic carbocycles. The SMILES string of the molecule is CC(C)(C)NC(=O)N1CCn2nc(-c3ccc(F)c(Cl)c3)c(C(N)=O)c2C1. The largest absolute Gasteiger partial charge is 0.365 e. The van der Waals surface area contributed by atoms with Crippen molar-refractivity contribution in [2.24, 2.45) is 5.73 Å². The highest BCUT2D eigenvalue weighted by atomic mass is 35.5. The van der Waals surface area contributed by atoms with Gasteiger partial charge in [0.15, 0.2) is 0 Å². The summed E-state index contributed by atoms with van der Waals surface area (Å²) in [7, 11) is 0. The number of aromatic nitrogens is 2. The second kappa shape index (κ2) is 6.84. The van der Waals surface area contributed by atoms with E-state index >= 15 is 0 Å². The zero-order valence-electron chi connectivity index (χ0n) is 15.3. The van der Waals surface area contributed by atoms with E-state index in [-0.39, 0.29) is 28.7 Å². The van der Waals surface area contributed by atoms with Crippen molar-refractivity contribution in [2.45, 2.75) is 39.4 Å². The third kappa shape index (κ3) is 3.90. The van der Waals surface area contributed by atoms with Crippen LogP contribution in [0.2, 0.25) is 5.02 Å². The van der Waals surface area contributed by atoms with Crippen molar-refractivity contribution in [1.82, 2.24) is 20.0 Å². The van der Waals surface area contributed by atoms with Crippen LogP contribution < -0.4 is 11.1 Å². The number of nitrogens with two attached hydrogens (primary N) is 1. The normalized spacial score (nSPS) is 14.0. The number of carbonyl (C=O) groups is 2. The summed E-state index contributed by atoms with van der Waals surface area (Å²) in [6.45, 7) is 6.74. The fraction of sp³-hybridized carbons (Fsp3) is 0.389. The first-order valence-corrected chi connectivity index (χ1v) is 8.86. The summed E-state index contributed by atoms with van der Waals surface area (Å²) in [6.07, 6.45) is 0. The van der Waals surface area contributed by atoms with Gasteiger partial charge in [-0.15, -0.1) is 0 Å². The molecular formula is C18H21ClFN5O2. The molecule has 0 atom stereocenters. The standard InChI is InChI=1S/C18H21ClFN5O2/c1-18(2,3)22-17(27)24-6-7-25-13(9-24)14(16(21)26)15(23-25)10-4-5-12(20)11(19)8-10/h4-5,8H,6-7,9H2,1-3H3,(H2,21,26)(H,22,27). The molecule has 3 N–H and O–H groups in total. The van der Waals surface area contributed by atoms with Crippen LogP contribution in [0, 0.1) is 5.82 Å². The Labute approximate surface area is 161 Å². The number of primary amides is 1. The Balaban J connectivity index is 1.99. The van der Waals surface area contributed by atoms with Crippen molar-refractivity contribution in [3.63, 3.8) is 0 Å². The van der Waals surface area contributed by atoms with Gasteiger partial charge in [-0.2, -0.15) is 5.10 Å². The molecule has 0 fully saturated rings. The molecule has 0 saturated heterocycles. The Morgan fingerprint density at radius 1 is 1.30 bits per heavy atom. The van der Waals surface area contributed by atoms with E-state index in [1.54, 1.807) is 9.58 Å². The molecule has 0 bridgehead atoms. The Hall–Kier alpha value is -2.61. The van der Waals surface area contributed by atoms with E-state index in [4.69, 9.17) is 17.3 Å². The smallest absolute Gasteiger partial charge is 0.318 e. The predicted octanol–water partition coefficient (Wildman–Crippen LogP) is 2.77. The van der Waals surface area contributed by atoms with E-state index in [1.165, 1.54) is 18.2 Å². The number of carbonyl (C=O) groups excluding carboxylic acids is 2. The summed E-state index contributed by atoms with van der Waals surface area (Å²) in [5.74, 6) is -1.22. The molecular weight excluding hydrogens is 373 g/mol. The molecule has 0 unspecified atom stereocenters. The number of fused-ring (bicyclic) bond motifs is 1. The second-order valence-electron chi connectivity index (χ2n) is 7.49. The molecule has 1 aliphatic heterocycles. The molecule has 9 heteroatoms. The topological polar surface area (TPSA) is 93.2 Å². The molecule has 2 heterocycles. The molecule has 0 radical (unpaired) electrons. The van der Waals surface area contributed by atoms with Gasteiger partial charge in [0.2, 0.25) is 0 Å². The molecule has 3 rings (SSSR count). The van der Waals surface area contributed by atoms with Gasteiger partial charge in [0.05, 0.1) is 29.4 Å². The Morgan fingerprint density at radius 2 is 2.00 bits per heavy atom. The molecule has 1 aromatic heterocycles. The summed E-state index contributed by atoms with van der Waals surface area (Å²) in [6, 6.07) is 3.88. The van der Waals surface area contributed by atoms with Crippen LogP contribution in [0.4, 0.5) is 9.18 Å². The van der Waals surface area contributed by atoms with Gasteiger partial charge < -0.3 is 16.0 Å². The maximum atomic E-state index is 13.5. The third-order valence-corrected chi connectivity index (χ3v) is 4.48. The minimum atomic E-state index is -0.662. The number of halogens is 2. The summed E-state index contributed by atoms with van der Waals surface area (Å²) in [4.78, 5) is 26.2. The zero-order chi connectivity index (χ0) is 19.9. The maximum absolute atomic E-state index is 13.5. The number of urea groups is 1. The van der Waals surface area contributed by atoms with E-state index in [1.807, 2.05) is 20.8 Å². The van der Waals surface area contributed by atoms with Crippen LogP contribution in [0.1, 0.15) is 36.8 Å². The molecule has 1 aliphatic rings. The molecule has 0 spiro atoms. The first-order chi connectivity index (χ1) is 12.6. The molecule has 1 aromatic carbocycles. The molecule has 3 amide bonds. The highest BCUT2D eigenvalue weighted by Crippen LogP contribution is 2.30. The lowest BCUT2D eigenvalue weighted by Gasteiger charge is -2.31. The lowest BCUT2D eigenvalue weighted by molar-refractivity contribution is 0.0997. The van der Waals surface area contributed by atoms with Crippen LogP contribution in [0.25, 0.3) is 11.3 Å². The van der Waals surface area contributed by atoms with Gasteiger partial charge in [-0.05, 0) is 39.0 Å². The van der Waals surface area contributed by atoms with Crippen LogP contribution in [0.5, 0.6) is 0 Å². The molecule has 27 heavy (non-hydrogen) atoms. The molecule has 144 valence electrons. The van der Waals surface area contributed by atoms with Crippen molar-refractivity contribution in [3.8, 4) is 11.3 Å². The molecule has 0 saturated carbocycles.